The minimum Gasteiger partial charge on any atom is -0.478 e. The van der Waals surface area contributed by atoms with Gasteiger partial charge in [-0.3, -0.25) is 0 Å². The summed E-state index contributed by atoms with van der Waals surface area (Å²) < 4.78 is 5.29. The summed E-state index contributed by atoms with van der Waals surface area (Å²) in [6, 6.07) is 7.28. The number of nitrogens with one attached hydrogen (secondary N) is 1. The first kappa shape index (κ1) is 14.0. The lowest BCUT2D eigenvalue weighted by Crippen LogP contribution is -2.18. The summed E-state index contributed by atoms with van der Waals surface area (Å²) in [6.45, 7) is 3.80. The van der Waals surface area contributed by atoms with Gasteiger partial charge in [-0.25, -0.2) is 4.79 Å². The first-order valence-electron chi connectivity index (χ1n) is 6.39. The van der Waals surface area contributed by atoms with Crippen molar-refractivity contribution in [1.82, 2.24) is 0 Å². The van der Waals surface area contributed by atoms with Gasteiger partial charge in [-0.15, -0.1) is 0 Å². The Morgan fingerprint density at radius 2 is 2.25 bits per heavy atom. The van der Waals surface area contributed by atoms with E-state index in [-0.39, 0.29) is 11.6 Å². The number of aryl methyl sites for hydroxylation is 1. The second kappa shape index (κ2) is 5.69. The van der Waals surface area contributed by atoms with Crippen LogP contribution in [-0.4, -0.2) is 17.1 Å². The molecule has 1 unspecified atom stereocenters. The van der Waals surface area contributed by atoms with Crippen molar-refractivity contribution >= 4 is 17.3 Å². The molecule has 0 saturated carbocycles. The lowest BCUT2D eigenvalue weighted by Gasteiger charge is -2.16. The largest absolute Gasteiger partial charge is 0.478 e. The van der Waals surface area contributed by atoms with Crippen LogP contribution in [0, 0.1) is 6.92 Å². The summed E-state index contributed by atoms with van der Waals surface area (Å²) in [5.74, 6) is -0.136. The van der Waals surface area contributed by atoms with E-state index < -0.39 is 5.97 Å². The van der Waals surface area contributed by atoms with Crippen molar-refractivity contribution in [3.63, 3.8) is 0 Å². The van der Waals surface area contributed by atoms with Crippen molar-refractivity contribution < 1.29 is 14.3 Å². The molecule has 2 rings (SSSR count). The van der Waals surface area contributed by atoms with Gasteiger partial charge in [-0.05, 0) is 43.7 Å². The Morgan fingerprint density at radius 1 is 1.50 bits per heavy atom. The number of nitrogen functional groups attached to an aromatic ring is 1. The second-order valence-electron chi connectivity index (χ2n) is 4.89. The zero-order chi connectivity index (χ0) is 14.7. The molecule has 2 aromatic rings. The average molecular weight is 274 g/mol. The number of carboxylic acid groups (broad SMARTS) is 1. The number of hydrogen-bond acceptors (Lipinski definition) is 4. The highest BCUT2D eigenvalue weighted by Gasteiger charge is 2.13. The highest BCUT2D eigenvalue weighted by atomic mass is 16.4. The van der Waals surface area contributed by atoms with E-state index in [1.165, 1.54) is 0 Å². The van der Waals surface area contributed by atoms with Crippen LogP contribution in [0.4, 0.5) is 11.4 Å². The van der Waals surface area contributed by atoms with E-state index in [0.29, 0.717) is 5.69 Å². The lowest BCUT2D eigenvalue weighted by atomic mass is 10.1. The van der Waals surface area contributed by atoms with Gasteiger partial charge in [0, 0.05) is 23.8 Å². The quantitative estimate of drug-likeness (QED) is 0.729. The molecule has 1 atom stereocenters. The van der Waals surface area contributed by atoms with Gasteiger partial charge in [0.15, 0.2) is 0 Å². The van der Waals surface area contributed by atoms with Crippen LogP contribution in [0.25, 0.3) is 0 Å². The van der Waals surface area contributed by atoms with Crippen LogP contribution in [0.2, 0.25) is 0 Å². The van der Waals surface area contributed by atoms with Crippen LogP contribution in [0.5, 0.6) is 0 Å². The topological polar surface area (TPSA) is 88.5 Å². The summed E-state index contributed by atoms with van der Waals surface area (Å²) in [7, 11) is 0. The molecule has 20 heavy (non-hydrogen) atoms. The van der Waals surface area contributed by atoms with E-state index in [2.05, 4.69) is 5.32 Å². The summed E-state index contributed by atoms with van der Waals surface area (Å²) in [4.78, 5) is 11.1. The Hall–Kier alpha value is -2.43. The van der Waals surface area contributed by atoms with Crippen molar-refractivity contribution in [3.05, 3.63) is 47.4 Å². The van der Waals surface area contributed by atoms with Gasteiger partial charge < -0.3 is 20.6 Å². The summed E-state index contributed by atoms with van der Waals surface area (Å²) in [5.41, 5.74) is 7.69. The predicted molar refractivity (Wildman–Crippen MR) is 78.0 cm³/mol. The molecule has 0 bridgehead atoms. The molecule has 0 aliphatic carbocycles. The molecule has 0 saturated heterocycles. The van der Waals surface area contributed by atoms with E-state index in [1.54, 1.807) is 19.3 Å². The second-order valence-corrected chi connectivity index (χ2v) is 4.89. The highest BCUT2D eigenvalue weighted by molar-refractivity contribution is 5.95. The Kier molecular flexibility index (Phi) is 3.98. The van der Waals surface area contributed by atoms with Crippen molar-refractivity contribution in [2.75, 3.05) is 11.1 Å². The maximum Gasteiger partial charge on any atom is 0.337 e. The molecule has 1 aromatic heterocycles. The highest BCUT2D eigenvalue weighted by Crippen LogP contribution is 2.23. The number of hydrogen-bond donors (Lipinski definition) is 3. The molecule has 0 fully saturated rings. The Balaban J connectivity index is 2.15. The molecule has 0 spiro atoms. The van der Waals surface area contributed by atoms with Crippen LogP contribution in [-0.2, 0) is 6.42 Å². The molecular formula is C15H18N2O3. The molecule has 106 valence electrons. The van der Waals surface area contributed by atoms with Crippen LogP contribution in [0.15, 0.2) is 34.9 Å². The SMILES string of the molecule is Cc1cc(NC(C)Cc2ccco2)cc(C(=O)O)c1N. The van der Waals surface area contributed by atoms with Crippen LogP contribution in [0.3, 0.4) is 0 Å². The zero-order valence-corrected chi connectivity index (χ0v) is 11.5. The first-order chi connectivity index (χ1) is 9.47. The van der Waals surface area contributed by atoms with Gasteiger partial charge in [0.25, 0.3) is 0 Å². The van der Waals surface area contributed by atoms with Crippen LogP contribution >= 0.6 is 0 Å². The number of furan rings is 1. The van der Waals surface area contributed by atoms with E-state index >= 15 is 0 Å². The Morgan fingerprint density at radius 3 is 2.85 bits per heavy atom. The minimum atomic E-state index is -1.02. The molecular weight excluding hydrogens is 256 g/mol. The van der Waals surface area contributed by atoms with E-state index in [9.17, 15) is 4.79 Å². The molecule has 0 amide bonds. The van der Waals surface area contributed by atoms with Crippen LogP contribution < -0.4 is 11.1 Å². The number of nitrogens with two attached hydrogens (primary N) is 1. The van der Waals surface area contributed by atoms with Gasteiger partial charge in [0.1, 0.15) is 5.76 Å². The summed E-state index contributed by atoms with van der Waals surface area (Å²) in [6.07, 6.45) is 2.36. The van der Waals surface area contributed by atoms with E-state index in [1.807, 2.05) is 25.1 Å². The number of anilines is 2. The number of rotatable bonds is 5. The maximum absolute atomic E-state index is 11.1. The number of carbonyl (C=O) groups is 1. The molecule has 1 heterocycles. The predicted octanol–water partition coefficient (Wildman–Crippen LogP) is 2.91. The van der Waals surface area contributed by atoms with Crippen molar-refractivity contribution in [3.8, 4) is 0 Å². The number of aromatic carboxylic acids is 1. The smallest absolute Gasteiger partial charge is 0.337 e. The third-order valence-electron chi connectivity index (χ3n) is 3.12. The molecule has 4 N–H and O–H groups in total. The fraction of sp³-hybridized carbons (Fsp3) is 0.267. The van der Waals surface area contributed by atoms with Crippen molar-refractivity contribution in [1.29, 1.82) is 0 Å². The molecule has 1 aromatic carbocycles. The van der Waals surface area contributed by atoms with Crippen LogP contribution in [0.1, 0.15) is 28.6 Å². The molecule has 5 nitrogen and oxygen atoms in total. The fourth-order valence-electron chi connectivity index (χ4n) is 2.12. The van der Waals surface area contributed by atoms with E-state index in [0.717, 1.165) is 23.4 Å². The van der Waals surface area contributed by atoms with Crippen molar-refractivity contribution in [2.24, 2.45) is 0 Å². The molecule has 5 heteroatoms. The van der Waals surface area contributed by atoms with Crippen molar-refractivity contribution in [2.45, 2.75) is 26.3 Å². The zero-order valence-electron chi connectivity index (χ0n) is 11.5. The third-order valence-corrected chi connectivity index (χ3v) is 3.12. The monoisotopic (exact) mass is 274 g/mol. The molecule has 0 aliphatic rings. The fourth-order valence-corrected chi connectivity index (χ4v) is 2.12. The summed E-state index contributed by atoms with van der Waals surface area (Å²) in [5, 5.41) is 12.4. The number of benzene rings is 1. The minimum absolute atomic E-state index is 0.116. The standard InChI is InChI=1S/C15H18N2O3/c1-9-6-11(8-13(14(9)16)15(18)19)17-10(2)7-12-4-3-5-20-12/h3-6,8,10,17H,7,16H2,1-2H3,(H,18,19). The van der Waals surface area contributed by atoms with Gasteiger partial charge in [-0.1, -0.05) is 0 Å². The van der Waals surface area contributed by atoms with Gasteiger partial charge in [-0.2, -0.15) is 0 Å². The van der Waals surface area contributed by atoms with Gasteiger partial charge >= 0.3 is 5.97 Å². The Labute approximate surface area is 117 Å². The van der Waals surface area contributed by atoms with E-state index in [4.69, 9.17) is 15.3 Å². The summed E-state index contributed by atoms with van der Waals surface area (Å²) >= 11 is 0. The molecule has 0 radical (unpaired) electrons. The lowest BCUT2D eigenvalue weighted by molar-refractivity contribution is 0.0698. The third kappa shape index (κ3) is 3.12. The maximum atomic E-state index is 11.1. The normalized spacial score (nSPS) is 12.1. The molecule has 0 aliphatic heterocycles. The number of carboxylic acids is 1. The Bertz CT molecular complexity index is 606. The van der Waals surface area contributed by atoms with Gasteiger partial charge in [0.05, 0.1) is 11.8 Å². The van der Waals surface area contributed by atoms with Gasteiger partial charge in [0.2, 0.25) is 0 Å². The average Bonchev–Trinajstić information content (AvgIpc) is 2.85. The first-order valence-corrected chi connectivity index (χ1v) is 6.39.